The molecule has 96 valence electrons. The van der Waals surface area contributed by atoms with Gasteiger partial charge in [-0.15, -0.1) is 0 Å². The molecule has 0 aromatic heterocycles. The Morgan fingerprint density at radius 2 is 2.00 bits per heavy atom. The molecule has 17 heavy (non-hydrogen) atoms. The fourth-order valence-corrected chi connectivity index (χ4v) is 3.93. The Morgan fingerprint density at radius 3 is 2.59 bits per heavy atom. The molecule has 2 rings (SSSR count). The zero-order chi connectivity index (χ0) is 12.8. The molecule has 0 heterocycles. The predicted octanol–water partition coefficient (Wildman–Crippen LogP) is 2.59. The van der Waals surface area contributed by atoms with Gasteiger partial charge in [-0.2, -0.15) is 0 Å². The van der Waals surface area contributed by atoms with E-state index in [1.807, 2.05) is 6.08 Å². The van der Waals surface area contributed by atoms with Crippen molar-refractivity contribution in [1.29, 1.82) is 0 Å². The first-order valence-electron chi connectivity index (χ1n) is 6.40. The van der Waals surface area contributed by atoms with E-state index in [-0.39, 0.29) is 16.4 Å². The van der Waals surface area contributed by atoms with E-state index in [2.05, 4.69) is 20.8 Å². The number of carboxylic acid groups (broad SMARTS) is 1. The fourth-order valence-electron chi connectivity index (χ4n) is 3.93. The van der Waals surface area contributed by atoms with Gasteiger partial charge in [0.2, 0.25) is 0 Å². The molecular formula is C14H22O3. The maximum atomic E-state index is 11.1. The maximum Gasteiger partial charge on any atom is 0.333 e. The van der Waals surface area contributed by atoms with Gasteiger partial charge in [-0.05, 0) is 36.0 Å². The van der Waals surface area contributed by atoms with Crippen molar-refractivity contribution in [3.63, 3.8) is 0 Å². The number of fused-ring (bicyclic) bond motifs is 1. The topological polar surface area (TPSA) is 57.5 Å². The number of aliphatic hydroxyl groups is 1. The highest BCUT2D eigenvalue weighted by atomic mass is 16.4. The van der Waals surface area contributed by atoms with E-state index in [1.165, 1.54) is 0 Å². The standard InChI is InChI=1S/C14H22O3/c1-13(2)5-4-6-14(3)8-9(12(16)17)10(15)7-11(13)14/h8,10-11,15H,4-7H2,1-3H3,(H,16,17)/t10-,11-,14-/m1/s1. The summed E-state index contributed by atoms with van der Waals surface area (Å²) in [5.41, 5.74) is 0.324. The molecular weight excluding hydrogens is 216 g/mol. The second-order valence-corrected chi connectivity index (χ2v) is 6.56. The molecule has 1 saturated carbocycles. The van der Waals surface area contributed by atoms with Crippen LogP contribution < -0.4 is 0 Å². The highest BCUT2D eigenvalue weighted by Gasteiger charge is 2.49. The van der Waals surface area contributed by atoms with Crippen LogP contribution in [0.3, 0.4) is 0 Å². The Kier molecular flexibility index (Phi) is 2.85. The molecule has 0 aliphatic heterocycles. The van der Waals surface area contributed by atoms with Crippen molar-refractivity contribution < 1.29 is 15.0 Å². The average molecular weight is 238 g/mol. The van der Waals surface area contributed by atoms with Crippen LogP contribution in [-0.4, -0.2) is 22.3 Å². The molecule has 0 radical (unpaired) electrons. The molecule has 0 unspecified atom stereocenters. The number of hydrogen-bond donors (Lipinski definition) is 2. The lowest BCUT2D eigenvalue weighted by Gasteiger charge is -2.52. The van der Waals surface area contributed by atoms with Crippen LogP contribution >= 0.6 is 0 Å². The maximum absolute atomic E-state index is 11.1. The molecule has 0 bridgehead atoms. The lowest BCUT2D eigenvalue weighted by atomic mass is 9.52. The molecule has 0 aromatic carbocycles. The molecule has 1 fully saturated rings. The molecule has 3 nitrogen and oxygen atoms in total. The van der Waals surface area contributed by atoms with E-state index in [1.54, 1.807) is 0 Å². The van der Waals surface area contributed by atoms with Crippen molar-refractivity contribution in [2.45, 2.75) is 52.6 Å². The van der Waals surface area contributed by atoms with Gasteiger partial charge in [-0.25, -0.2) is 4.79 Å². The van der Waals surface area contributed by atoms with Crippen molar-refractivity contribution in [1.82, 2.24) is 0 Å². The third-order valence-electron chi connectivity index (χ3n) is 4.83. The summed E-state index contributed by atoms with van der Waals surface area (Å²) in [7, 11) is 0. The summed E-state index contributed by atoms with van der Waals surface area (Å²) in [6, 6.07) is 0. The van der Waals surface area contributed by atoms with Crippen LogP contribution in [0.25, 0.3) is 0 Å². The van der Waals surface area contributed by atoms with E-state index in [9.17, 15) is 9.90 Å². The SMILES string of the molecule is CC1(C)CCC[C@]2(C)C=C(C(=O)O)[C@H](O)C[C@H]12. The summed E-state index contributed by atoms with van der Waals surface area (Å²) < 4.78 is 0. The van der Waals surface area contributed by atoms with Gasteiger partial charge in [0.25, 0.3) is 0 Å². The summed E-state index contributed by atoms with van der Waals surface area (Å²) in [6.07, 6.45) is 4.94. The number of carboxylic acids is 1. The monoisotopic (exact) mass is 238 g/mol. The number of hydrogen-bond acceptors (Lipinski definition) is 2. The zero-order valence-electron chi connectivity index (χ0n) is 10.9. The van der Waals surface area contributed by atoms with Gasteiger partial charge in [0, 0.05) is 0 Å². The molecule has 3 atom stereocenters. The first kappa shape index (κ1) is 12.6. The molecule has 2 N–H and O–H groups in total. The Bertz CT molecular complexity index is 370. The van der Waals surface area contributed by atoms with Crippen molar-refractivity contribution in [2.75, 3.05) is 0 Å². The summed E-state index contributed by atoms with van der Waals surface area (Å²) >= 11 is 0. The molecule has 2 aliphatic carbocycles. The number of allylic oxidation sites excluding steroid dienone is 1. The van der Waals surface area contributed by atoms with Crippen LogP contribution in [0.2, 0.25) is 0 Å². The second-order valence-electron chi connectivity index (χ2n) is 6.56. The van der Waals surface area contributed by atoms with Gasteiger partial charge in [0.1, 0.15) is 0 Å². The van der Waals surface area contributed by atoms with Gasteiger partial charge in [0.15, 0.2) is 0 Å². The van der Waals surface area contributed by atoms with Gasteiger partial charge in [-0.1, -0.05) is 33.3 Å². The first-order valence-corrected chi connectivity index (χ1v) is 6.40. The smallest absolute Gasteiger partial charge is 0.333 e. The van der Waals surface area contributed by atoms with Gasteiger partial charge in [-0.3, -0.25) is 0 Å². The minimum Gasteiger partial charge on any atom is -0.478 e. The largest absolute Gasteiger partial charge is 0.478 e. The minimum atomic E-state index is -0.972. The lowest BCUT2D eigenvalue weighted by molar-refractivity contribution is -0.135. The first-order chi connectivity index (χ1) is 7.76. The number of aliphatic hydroxyl groups excluding tert-OH is 1. The Morgan fingerprint density at radius 1 is 1.35 bits per heavy atom. The number of aliphatic carboxylic acids is 1. The highest BCUT2D eigenvalue weighted by Crippen LogP contribution is 2.56. The van der Waals surface area contributed by atoms with Crippen LogP contribution in [0.4, 0.5) is 0 Å². The van der Waals surface area contributed by atoms with Crippen LogP contribution in [0.1, 0.15) is 46.5 Å². The molecule has 0 aromatic rings. The number of rotatable bonds is 1. The van der Waals surface area contributed by atoms with Gasteiger partial charge < -0.3 is 10.2 Å². The van der Waals surface area contributed by atoms with Gasteiger partial charge >= 0.3 is 5.97 Å². The number of carbonyl (C=O) groups is 1. The van der Waals surface area contributed by atoms with E-state index < -0.39 is 12.1 Å². The summed E-state index contributed by atoms with van der Waals surface area (Å²) in [4.78, 5) is 11.1. The predicted molar refractivity (Wildman–Crippen MR) is 65.6 cm³/mol. The van der Waals surface area contributed by atoms with Crippen LogP contribution in [0, 0.1) is 16.7 Å². The Labute approximate surface area is 103 Å². The fraction of sp³-hybridized carbons (Fsp3) is 0.786. The molecule has 2 aliphatic rings. The quantitative estimate of drug-likeness (QED) is 0.738. The third-order valence-corrected chi connectivity index (χ3v) is 4.83. The normalized spacial score (nSPS) is 40.4. The van der Waals surface area contributed by atoms with E-state index in [0.29, 0.717) is 12.3 Å². The summed E-state index contributed by atoms with van der Waals surface area (Å²) in [6.45, 7) is 6.62. The summed E-state index contributed by atoms with van der Waals surface area (Å²) in [5.74, 6) is -0.595. The zero-order valence-corrected chi connectivity index (χ0v) is 10.9. The lowest BCUT2D eigenvalue weighted by Crippen LogP contribution is -2.46. The Balaban J connectivity index is 2.41. The molecule has 3 heteroatoms. The van der Waals surface area contributed by atoms with Crippen molar-refractivity contribution in [3.8, 4) is 0 Å². The van der Waals surface area contributed by atoms with E-state index >= 15 is 0 Å². The molecule has 0 spiro atoms. The van der Waals surface area contributed by atoms with Crippen molar-refractivity contribution in [2.24, 2.45) is 16.7 Å². The van der Waals surface area contributed by atoms with Crippen molar-refractivity contribution >= 4 is 5.97 Å². The second kappa shape index (κ2) is 3.84. The highest BCUT2D eigenvalue weighted by molar-refractivity contribution is 5.88. The van der Waals surface area contributed by atoms with Crippen molar-refractivity contribution in [3.05, 3.63) is 11.6 Å². The third kappa shape index (κ3) is 2.01. The summed E-state index contributed by atoms with van der Waals surface area (Å²) in [5, 5.41) is 19.1. The Hall–Kier alpha value is -0.830. The molecule has 0 amide bonds. The van der Waals surface area contributed by atoms with Crippen LogP contribution in [0.15, 0.2) is 11.6 Å². The van der Waals surface area contributed by atoms with E-state index in [0.717, 1.165) is 19.3 Å². The average Bonchev–Trinajstić information content (AvgIpc) is 2.19. The van der Waals surface area contributed by atoms with Crippen LogP contribution in [-0.2, 0) is 4.79 Å². The molecule has 0 saturated heterocycles. The minimum absolute atomic E-state index is 0.0608. The van der Waals surface area contributed by atoms with Crippen LogP contribution in [0.5, 0.6) is 0 Å². The van der Waals surface area contributed by atoms with E-state index in [4.69, 9.17) is 5.11 Å². The van der Waals surface area contributed by atoms with Gasteiger partial charge in [0.05, 0.1) is 11.7 Å².